The lowest BCUT2D eigenvalue weighted by atomic mass is 10.00. The fraction of sp³-hybridized carbons (Fsp3) is 0.632. The van der Waals surface area contributed by atoms with E-state index in [2.05, 4.69) is 37.2 Å². The molecule has 9 atom stereocenters. The third-order valence-electron chi connectivity index (χ3n) is 9.91. The minimum absolute atomic E-state index is 0.0102. The van der Waals surface area contributed by atoms with Gasteiger partial charge in [-0.1, -0.05) is 39.8 Å². The zero-order chi connectivity index (χ0) is 43.4. The monoisotopic (exact) mass is 834 g/mol. The summed E-state index contributed by atoms with van der Waals surface area (Å²) in [6.07, 6.45) is 0.359. The van der Waals surface area contributed by atoms with Crippen molar-refractivity contribution in [3.63, 3.8) is 0 Å². The van der Waals surface area contributed by atoms with E-state index in [4.69, 9.17) is 0 Å². The van der Waals surface area contributed by atoms with Gasteiger partial charge in [-0.05, 0) is 62.6 Å². The Labute approximate surface area is 340 Å². The highest BCUT2D eigenvalue weighted by atomic mass is 32.2. The van der Waals surface area contributed by atoms with Crippen molar-refractivity contribution in [2.45, 2.75) is 116 Å². The average molecular weight is 835 g/mol. The van der Waals surface area contributed by atoms with Crippen molar-refractivity contribution in [1.29, 1.82) is 0 Å². The minimum Gasteiger partial charge on any atom is -0.508 e. The number of nitrogens with one attached hydrogen (secondary N) is 7. The highest BCUT2D eigenvalue weighted by molar-refractivity contribution is 7.84. The molecule has 58 heavy (non-hydrogen) atoms. The van der Waals surface area contributed by atoms with Crippen LogP contribution < -0.4 is 37.2 Å². The Morgan fingerprint density at radius 3 is 1.86 bits per heavy atom. The smallest absolute Gasteiger partial charge is 0.248 e. The first-order chi connectivity index (χ1) is 27.2. The number of aromatic hydroxyl groups is 1. The molecule has 8 amide bonds. The lowest BCUT2D eigenvalue weighted by molar-refractivity contribution is -0.144. The second-order valence-corrected chi connectivity index (χ2v) is 17.0. The number of rotatable bonds is 8. The third-order valence-corrected chi connectivity index (χ3v) is 10.7. The Bertz CT molecular complexity index is 1710. The highest BCUT2D eigenvalue weighted by Gasteiger charge is 2.41. The molecule has 0 bridgehead atoms. The maximum Gasteiger partial charge on any atom is 0.248 e. The Balaban J connectivity index is 2.02. The number of aliphatic hydroxyl groups excluding tert-OH is 1. The standard InChI is InChI=1S/C38H58N8O11S/c1-19(2)29-36(54)40-21(5)32(50)44-30(20(3)4)37(55)42-26(17-23-10-12-24(48)13-11-23)33(51)39-18-28(49)43-31(22(6)47)38(56)46-15-8-9-27(46)35(53)41-25(34(52)45-29)14-16-58(7)57/h10-13,19-22,25-27,29-31,47-48H,8-9,14-18H2,1-7H3,(H,39,51)(H,40,54)(H,41,53)(H,42,55)(H,43,49)(H,44,50)(H,45,52)/t21-,22+,25-,26+,27-,29-,30-,31-,58+/m0/s1. The molecule has 20 heteroatoms. The molecule has 2 saturated heterocycles. The summed E-state index contributed by atoms with van der Waals surface area (Å²) in [6, 6.07) is -3.03. The molecule has 1 aromatic carbocycles. The van der Waals surface area contributed by atoms with Crippen molar-refractivity contribution in [2.24, 2.45) is 11.8 Å². The molecule has 0 saturated carbocycles. The number of carbonyl (C=O) groups is 8. The van der Waals surface area contributed by atoms with E-state index in [0.717, 1.165) is 0 Å². The second kappa shape index (κ2) is 21.6. The lowest BCUT2D eigenvalue weighted by Gasteiger charge is -2.31. The molecule has 0 unspecified atom stereocenters. The molecule has 2 aliphatic heterocycles. The number of aliphatic hydroxyl groups is 1. The summed E-state index contributed by atoms with van der Waals surface area (Å²) < 4.78 is 12.1. The number of hydrogen-bond donors (Lipinski definition) is 9. The van der Waals surface area contributed by atoms with Crippen molar-refractivity contribution in [2.75, 3.05) is 25.1 Å². The van der Waals surface area contributed by atoms with Gasteiger partial charge in [0.15, 0.2) is 0 Å². The van der Waals surface area contributed by atoms with Crippen molar-refractivity contribution < 1.29 is 52.8 Å². The first kappa shape index (κ1) is 47.3. The quantitative estimate of drug-likeness (QED) is 0.131. The largest absolute Gasteiger partial charge is 0.508 e. The predicted molar refractivity (Wildman–Crippen MR) is 212 cm³/mol. The van der Waals surface area contributed by atoms with Gasteiger partial charge in [-0.3, -0.25) is 42.6 Å². The van der Waals surface area contributed by atoms with E-state index in [1.165, 1.54) is 49.3 Å². The van der Waals surface area contributed by atoms with Gasteiger partial charge in [-0.2, -0.15) is 0 Å². The molecule has 9 N–H and O–H groups in total. The third kappa shape index (κ3) is 13.5. The van der Waals surface area contributed by atoms with Gasteiger partial charge < -0.3 is 52.3 Å². The molecule has 2 aliphatic rings. The lowest BCUT2D eigenvalue weighted by Crippen LogP contribution is -2.62. The average Bonchev–Trinajstić information content (AvgIpc) is 3.65. The molecule has 2 fully saturated rings. The summed E-state index contributed by atoms with van der Waals surface area (Å²) in [4.78, 5) is 110. The van der Waals surface area contributed by atoms with Crippen LogP contribution in [-0.2, 0) is 55.6 Å². The van der Waals surface area contributed by atoms with Gasteiger partial charge in [0, 0.05) is 35.8 Å². The van der Waals surface area contributed by atoms with E-state index in [1.54, 1.807) is 27.7 Å². The minimum atomic E-state index is -1.54. The summed E-state index contributed by atoms with van der Waals surface area (Å²) in [5.41, 5.74) is 0.528. The first-order valence-electron chi connectivity index (χ1n) is 19.4. The summed E-state index contributed by atoms with van der Waals surface area (Å²) in [5.74, 6) is -7.27. The summed E-state index contributed by atoms with van der Waals surface area (Å²) in [5, 5.41) is 38.3. The maximum absolute atomic E-state index is 13.8. The zero-order valence-electron chi connectivity index (χ0n) is 34.0. The highest BCUT2D eigenvalue weighted by Crippen LogP contribution is 2.20. The molecule has 3 rings (SSSR count). The molecule has 0 radical (unpaired) electrons. The van der Waals surface area contributed by atoms with Crippen LogP contribution in [0.25, 0.3) is 0 Å². The number of phenolic OH excluding ortho intramolecular Hbond substituents is 1. The fourth-order valence-corrected chi connectivity index (χ4v) is 7.08. The number of benzene rings is 1. The molecule has 0 aliphatic carbocycles. The van der Waals surface area contributed by atoms with Crippen molar-refractivity contribution in [1.82, 2.24) is 42.1 Å². The molecule has 19 nitrogen and oxygen atoms in total. The Kier molecular flexibility index (Phi) is 17.6. The van der Waals surface area contributed by atoms with E-state index in [9.17, 15) is 52.8 Å². The van der Waals surface area contributed by atoms with Crippen LogP contribution in [-0.4, -0.2) is 140 Å². The summed E-state index contributed by atoms with van der Waals surface area (Å²) >= 11 is 0. The van der Waals surface area contributed by atoms with E-state index < -0.39 is 125 Å². The molecule has 0 aromatic heterocycles. The number of amides is 8. The Morgan fingerprint density at radius 2 is 1.29 bits per heavy atom. The zero-order valence-corrected chi connectivity index (χ0v) is 34.8. The van der Waals surface area contributed by atoms with Gasteiger partial charge >= 0.3 is 0 Å². The summed E-state index contributed by atoms with van der Waals surface area (Å²) in [6.45, 7) is 8.66. The first-order valence-corrected chi connectivity index (χ1v) is 21.1. The molecular formula is C38H58N8O11S. The van der Waals surface area contributed by atoms with Crippen LogP contribution in [0.4, 0.5) is 0 Å². The molecule has 0 spiro atoms. The van der Waals surface area contributed by atoms with Gasteiger partial charge in [-0.25, -0.2) is 0 Å². The van der Waals surface area contributed by atoms with Gasteiger partial charge in [0.1, 0.15) is 48.0 Å². The van der Waals surface area contributed by atoms with Crippen molar-refractivity contribution in [3.05, 3.63) is 29.8 Å². The van der Waals surface area contributed by atoms with Crippen LogP contribution in [0.3, 0.4) is 0 Å². The topological polar surface area (TPSA) is 282 Å². The van der Waals surface area contributed by atoms with Crippen molar-refractivity contribution >= 4 is 58.1 Å². The number of nitrogens with zero attached hydrogens (tertiary/aromatic N) is 1. The van der Waals surface area contributed by atoms with Crippen LogP contribution in [0.5, 0.6) is 5.75 Å². The molecular weight excluding hydrogens is 777 g/mol. The van der Waals surface area contributed by atoms with Crippen LogP contribution in [0, 0.1) is 11.8 Å². The van der Waals surface area contributed by atoms with Crippen LogP contribution >= 0.6 is 0 Å². The van der Waals surface area contributed by atoms with Crippen molar-refractivity contribution in [3.8, 4) is 5.75 Å². The van der Waals surface area contributed by atoms with Gasteiger partial charge in [0.25, 0.3) is 0 Å². The number of hydrogen-bond acceptors (Lipinski definition) is 11. The fourth-order valence-electron chi connectivity index (χ4n) is 6.52. The van der Waals surface area contributed by atoms with E-state index >= 15 is 0 Å². The predicted octanol–water partition coefficient (Wildman–Crippen LogP) is -2.55. The SMILES string of the molecule is CC(C)[C@@H]1NC(=O)[C@H](C)NC(=O)[C@H](C(C)C)NC(=O)[C@H](CC[S@@](C)=O)NC(=O)[C@@H]2CCCN2C(=O)[C@H]([C@@H](C)O)NC(=O)CNC(=O)[C@@H](Cc2ccc(O)cc2)NC1=O. The number of carbonyl (C=O) groups excluding carboxylic acids is 8. The number of fused-ring (bicyclic) bond motifs is 1. The van der Waals surface area contributed by atoms with E-state index in [-0.39, 0.29) is 37.3 Å². The van der Waals surface area contributed by atoms with E-state index in [0.29, 0.717) is 12.0 Å². The normalized spacial score (nSPS) is 27.6. The summed E-state index contributed by atoms with van der Waals surface area (Å²) in [7, 11) is -1.37. The molecule has 2 heterocycles. The maximum atomic E-state index is 13.8. The Hall–Kier alpha value is -5.11. The molecule has 1 aromatic rings. The van der Waals surface area contributed by atoms with Gasteiger partial charge in [-0.15, -0.1) is 0 Å². The molecule has 322 valence electrons. The van der Waals surface area contributed by atoms with Crippen LogP contribution in [0.1, 0.15) is 66.4 Å². The van der Waals surface area contributed by atoms with E-state index in [1.807, 2.05) is 0 Å². The Morgan fingerprint density at radius 1 is 0.724 bits per heavy atom. The van der Waals surface area contributed by atoms with Gasteiger partial charge in [0.05, 0.1) is 12.6 Å². The van der Waals surface area contributed by atoms with Crippen LogP contribution in [0.2, 0.25) is 0 Å². The second-order valence-electron chi connectivity index (χ2n) is 15.4. The van der Waals surface area contributed by atoms with Gasteiger partial charge in [0.2, 0.25) is 47.3 Å². The number of phenols is 1. The van der Waals surface area contributed by atoms with Crippen LogP contribution in [0.15, 0.2) is 24.3 Å².